The van der Waals surface area contributed by atoms with Crippen molar-refractivity contribution < 1.29 is 5.11 Å². The zero-order valence-electron chi connectivity index (χ0n) is 8.74. The minimum Gasteiger partial charge on any atom is -0.387 e. The van der Waals surface area contributed by atoms with E-state index in [1.165, 1.54) is 0 Å². The molecule has 0 radical (unpaired) electrons. The van der Waals surface area contributed by atoms with E-state index in [2.05, 4.69) is 15.9 Å². The van der Waals surface area contributed by atoms with Gasteiger partial charge < -0.3 is 10.8 Å². The fourth-order valence-corrected chi connectivity index (χ4v) is 1.80. The van der Waals surface area contributed by atoms with Gasteiger partial charge in [0.1, 0.15) is 0 Å². The average Bonchev–Trinajstić information content (AvgIpc) is 2.19. The van der Waals surface area contributed by atoms with Gasteiger partial charge in [-0.15, -0.1) is 0 Å². The van der Waals surface area contributed by atoms with Gasteiger partial charge in [0, 0.05) is 10.5 Å². The van der Waals surface area contributed by atoms with Crippen LogP contribution in [0.5, 0.6) is 0 Å². The third-order valence-corrected chi connectivity index (χ3v) is 3.63. The fourth-order valence-electron chi connectivity index (χ4n) is 1.28. The van der Waals surface area contributed by atoms with Crippen molar-refractivity contribution in [1.29, 1.82) is 0 Å². The van der Waals surface area contributed by atoms with Crippen LogP contribution in [0.2, 0.25) is 5.02 Å². The number of hydrogen-bond donors (Lipinski definition) is 2. The highest BCUT2D eigenvalue weighted by Crippen LogP contribution is 2.28. The van der Waals surface area contributed by atoms with Gasteiger partial charge in [-0.3, -0.25) is 0 Å². The first-order chi connectivity index (χ1) is 6.93. The second-order valence-corrected chi connectivity index (χ2v) is 5.20. The van der Waals surface area contributed by atoms with Crippen LogP contribution in [0.4, 0.5) is 0 Å². The summed E-state index contributed by atoms with van der Waals surface area (Å²) in [4.78, 5) is 0. The molecule has 1 aromatic rings. The lowest BCUT2D eigenvalue weighted by Crippen LogP contribution is -2.33. The summed E-state index contributed by atoms with van der Waals surface area (Å²) in [6, 6.07) is 5.07. The quantitative estimate of drug-likeness (QED) is 0.899. The average molecular weight is 293 g/mol. The molecule has 0 amide bonds. The Kier molecular flexibility index (Phi) is 4.59. The molecule has 2 nitrogen and oxygen atoms in total. The number of halogens is 2. The molecule has 0 aliphatic carbocycles. The number of aliphatic hydroxyl groups excluding tert-OH is 1. The molecule has 84 valence electrons. The minimum absolute atomic E-state index is 0.231. The van der Waals surface area contributed by atoms with Crippen LogP contribution in [-0.2, 0) is 0 Å². The SMILES string of the molecule is CC(C)C(N)C(O)c1ccc(Cl)c(Br)c1. The first-order valence-electron chi connectivity index (χ1n) is 4.82. The molecular formula is C11H15BrClNO. The van der Waals surface area contributed by atoms with Crippen LogP contribution < -0.4 is 5.73 Å². The van der Waals surface area contributed by atoms with Crippen molar-refractivity contribution in [1.82, 2.24) is 0 Å². The first kappa shape index (κ1) is 13.0. The van der Waals surface area contributed by atoms with Gasteiger partial charge in [-0.2, -0.15) is 0 Å². The maximum absolute atomic E-state index is 9.99. The molecule has 0 saturated carbocycles. The molecule has 0 aliphatic heterocycles. The van der Waals surface area contributed by atoms with Crippen LogP contribution in [0.3, 0.4) is 0 Å². The highest BCUT2D eigenvalue weighted by Gasteiger charge is 2.20. The van der Waals surface area contributed by atoms with Crippen LogP contribution >= 0.6 is 27.5 Å². The molecule has 2 atom stereocenters. The Hall–Kier alpha value is -0.0900. The number of nitrogens with two attached hydrogens (primary N) is 1. The van der Waals surface area contributed by atoms with Gasteiger partial charge in [0.2, 0.25) is 0 Å². The van der Waals surface area contributed by atoms with Crippen LogP contribution in [0.25, 0.3) is 0 Å². The Morgan fingerprint density at radius 2 is 2.00 bits per heavy atom. The summed E-state index contributed by atoms with van der Waals surface area (Å²) in [6.45, 7) is 3.97. The molecule has 15 heavy (non-hydrogen) atoms. The van der Waals surface area contributed by atoms with E-state index in [9.17, 15) is 5.11 Å². The summed E-state index contributed by atoms with van der Waals surface area (Å²) in [5.74, 6) is 0.231. The Bertz CT molecular complexity index is 343. The predicted molar refractivity (Wildman–Crippen MR) is 66.9 cm³/mol. The Morgan fingerprint density at radius 3 is 2.47 bits per heavy atom. The summed E-state index contributed by atoms with van der Waals surface area (Å²) >= 11 is 9.18. The highest BCUT2D eigenvalue weighted by molar-refractivity contribution is 9.10. The Labute approximate surface area is 104 Å². The van der Waals surface area contributed by atoms with E-state index in [0.717, 1.165) is 10.0 Å². The predicted octanol–water partition coefficient (Wildman–Crippen LogP) is 3.12. The van der Waals surface area contributed by atoms with Gasteiger partial charge in [-0.05, 0) is 39.5 Å². The van der Waals surface area contributed by atoms with Crippen molar-refractivity contribution in [3.63, 3.8) is 0 Å². The third kappa shape index (κ3) is 3.18. The minimum atomic E-state index is -0.654. The van der Waals surface area contributed by atoms with E-state index >= 15 is 0 Å². The topological polar surface area (TPSA) is 46.2 Å². The van der Waals surface area contributed by atoms with E-state index in [1.54, 1.807) is 18.2 Å². The summed E-state index contributed by atoms with van der Waals surface area (Å²) in [5.41, 5.74) is 6.67. The lowest BCUT2D eigenvalue weighted by molar-refractivity contribution is 0.125. The van der Waals surface area contributed by atoms with Gasteiger partial charge in [0.05, 0.1) is 11.1 Å². The molecule has 0 spiro atoms. The van der Waals surface area contributed by atoms with E-state index < -0.39 is 6.10 Å². The molecule has 3 N–H and O–H groups in total. The largest absolute Gasteiger partial charge is 0.387 e. The zero-order chi connectivity index (χ0) is 11.6. The summed E-state index contributed by atoms with van der Waals surface area (Å²) in [5, 5.41) is 10.6. The molecule has 4 heteroatoms. The van der Waals surface area contributed by atoms with Gasteiger partial charge in [0.15, 0.2) is 0 Å². The van der Waals surface area contributed by atoms with E-state index in [0.29, 0.717) is 5.02 Å². The Balaban J connectivity index is 2.91. The molecule has 0 bridgehead atoms. The fraction of sp³-hybridized carbons (Fsp3) is 0.455. The number of rotatable bonds is 3. The van der Waals surface area contributed by atoms with Crippen LogP contribution in [-0.4, -0.2) is 11.1 Å². The Morgan fingerprint density at radius 1 is 1.40 bits per heavy atom. The molecule has 2 unspecified atom stereocenters. The van der Waals surface area contributed by atoms with Crippen molar-refractivity contribution in [2.75, 3.05) is 0 Å². The lowest BCUT2D eigenvalue weighted by Gasteiger charge is -2.22. The van der Waals surface area contributed by atoms with Crippen LogP contribution in [0.1, 0.15) is 25.5 Å². The molecule has 0 fully saturated rings. The molecule has 1 rings (SSSR count). The first-order valence-corrected chi connectivity index (χ1v) is 5.99. The maximum atomic E-state index is 9.99. The monoisotopic (exact) mass is 291 g/mol. The number of hydrogen-bond acceptors (Lipinski definition) is 2. The second kappa shape index (κ2) is 5.30. The highest BCUT2D eigenvalue weighted by atomic mass is 79.9. The zero-order valence-corrected chi connectivity index (χ0v) is 11.1. The van der Waals surface area contributed by atoms with Crippen molar-refractivity contribution in [3.8, 4) is 0 Å². The van der Waals surface area contributed by atoms with Gasteiger partial charge in [-0.25, -0.2) is 0 Å². The standard InChI is InChI=1S/C11H15BrClNO/c1-6(2)10(14)11(15)7-3-4-9(13)8(12)5-7/h3-6,10-11,15H,14H2,1-2H3. The summed E-state index contributed by atoms with van der Waals surface area (Å²) in [7, 11) is 0. The molecule has 0 saturated heterocycles. The van der Waals surface area contributed by atoms with Crippen LogP contribution in [0.15, 0.2) is 22.7 Å². The smallest absolute Gasteiger partial charge is 0.0943 e. The third-order valence-electron chi connectivity index (χ3n) is 2.42. The summed E-state index contributed by atoms with van der Waals surface area (Å²) in [6.07, 6.45) is -0.654. The lowest BCUT2D eigenvalue weighted by atomic mass is 9.94. The van der Waals surface area contributed by atoms with E-state index in [-0.39, 0.29) is 12.0 Å². The van der Waals surface area contributed by atoms with Crippen LogP contribution in [0, 0.1) is 5.92 Å². The van der Waals surface area contributed by atoms with Gasteiger partial charge in [-0.1, -0.05) is 31.5 Å². The molecule has 0 aliphatic rings. The van der Waals surface area contributed by atoms with Gasteiger partial charge >= 0.3 is 0 Å². The number of aliphatic hydroxyl groups is 1. The van der Waals surface area contributed by atoms with E-state index in [1.807, 2.05) is 13.8 Å². The van der Waals surface area contributed by atoms with Gasteiger partial charge in [0.25, 0.3) is 0 Å². The van der Waals surface area contributed by atoms with Crippen molar-refractivity contribution in [2.24, 2.45) is 11.7 Å². The van der Waals surface area contributed by atoms with Crippen molar-refractivity contribution in [3.05, 3.63) is 33.3 Å². The van der Waals surface area contributed by atoms with Crippen molar-refractivity contribution in [2.45, 2.75) is 26.0 Å². The normalized spacial score (nSPS) is 15.4. The molecule has 1 aromatic carbocycles. The maximum Gasteiger partial charge on any atom is 0.0943 e. The second-order valence-electron chi connectivity index (χ2n) is 3.94. The number of benzene rings is 1. The van der Waals surface area contributed by atoms with E-state index in [4.69, 9.17) is 17.3 Å². The molecule has 0 heterocycles. The molecular weight excluding hydrogens is 277 g/mol. The summed E-state index contributed by atoms with van der Waals surface area (Å²) < 4.78 is 0.775. The molecule has 0 aromatic heterocycles. The van der Waals surface area contributed by atoms with Crippen molar-refractivity contribution >= 4 is 27.5 Å².